The molecule has 2 rings (SSSR count). The first-order valence-electron chi connectivity index (χ1n) is 5.87. The largest absolute Gasteiger partial charge is 0.487 e. The van der Waals surface area contributed by atoms with Gasteiger partial charge in [0.25, 0.3) is 0 Å². The molecule has 0 fully saturated rings. The molecule has 1 aromatic carbocycles. The van der Waals surface area contributed by atoms with Gasteiger partial charge in [-0.05, 0) is 29.2 Å². The predicted octanol–water partition coefficient (Wildman–Crippen LogP) is 3.78. The van der Waals surface area contributed by atoms with E-state index in [0.29, 0.717) is 12.5 Å². The molecule has 1 heterocycles. The van der Waals surface area contributed by atoms with Crippen molar-refractivity contribution in [3.8, 4) is 5.75 Å². The molecule has 0 aliphatic carbocycles. The van der Waals surface area contributed by atoms with Gasteiger partial charge in [0.2, 0.25) is 0 Å². The standard InChI is InChI=1S/C15H17NO/c1-12(2)14-7-5-13(6-8-14)11-17-15-4-3-9-16-10-15/h3-10,12H,11H2,1-2H3. The number of rotatable bonds is 4. The van der Waals surface area contributed by atoms with Crippen LogP contribution in [0.25, 0.3) is 0 Å². The summed E-state index contributed by atoms with van der Waals surface area (Å²) < 4.78 is 5.63. The summed E-state index contributed by atoms with van der Waals surface area (Å²) in [4.78, 5) is 4.01. The topological polar surface area (TPSA) is 22.1 Å². The Morgan fingerprint density at radius 1 is 1.12 bits per heavy atom. The highest BCUT2D eigenvalue weighted by Crippen LogP contribution is 2.16. The maximum absolute atomic E-state index is 5.63. The summed E-state index contributed by atoms with van der Waals surface area (Å²) in [5, 5.41) is 0. The molecule has 1 aromatic heterocycles. The lowest BCUT2D eigenvalue weighted by atomic mass is 10.0. The fraction of sp³-hybridized carbons (Fsp3) is 0.267. The van der Waals surface area contributed by atoms with Crippen molar-refractivity contribution in [2.75, 3.05) is 0 Å². The molecule has 2 heteroatoms. The normalized spacial score (nSPS) is 10.5. The van der Waals surface area contributed by atoms with Crippen LogP contribution in [-0.2, 0) is 6.61 Å². The number of ether oxygens (including phenoxy) is 1. The van der Waals surface area contributed by atoms with Gasteiger partial charge in [-0.3, -0.25) is 4.98 Å². The molecule has 0 unspecified atom stereocenters. The minimum atomic E-state index is 0.572. The molecule has 0 spiro atoms. The van der Waals surface area contributed by atoms with E-state index in [1.165, 1.54) is 11.1 Å². The molecule has 0 radical (unpaired) electrons. The first kappa shape index (κ1) is 11.6. The van der Waals surface area contributed by atoms with Gasteiger partial charge in [-0.25, -0.2) is 0 Å². The lowest BCUT2D eigenvalue weighted by molar-refractivity contribution is 0.305. The summed E-state index contributed by atoms with van der Waals surface area (Å²) in [5.41, 5.74) is 2.54. The van der Waals surface area contributed by atoms with Gasteiger partial charge in [0.15, 0.2) is 0 Å². The maximum atomic E-state index is 5.63. The van der Waals surface area contributed by atoms with E-state index in [1.54, 1.807) is 12.4 Å². The van der Waals surface area contributed by atoms with Gasteiger partial charge in [0.1, 0.15) is 12.4 Å². The van der Waals surface area contributed by atoms with E-state index in [1.807, 2.05) is 12.1 Å². The third kappa shape index (κ3) is 3.31. The van der Waals surface area contributed by atoms with Gasteiger partial charge in [-0.1, -0.05) is 38.1 Å². The van der Waals surface area contributed by atoms with Crippen molar-refractivity contribution >= 4 is 0 Å². The number of benzene rings is 1. The van der Waals surface area contributed by atoms with E-state index >= 15 is 0 Å². The molecule has 88 valence electrons. The third-order valence-corrected chi connectivity index (χ3v) is 2.69. The Balaban J connectivity index is 1.96. The van der Waals surface area contributed by atoms with Gasteiger partial charge in [0.05, 0.1) is 6.20 Å². The van der Waals surface area contributed by atoms with E-state index in [4.69, 9.17) is 4.74 Å². The molecular formula is C15H17NO. The Hall–Kier alpha value is -1.83. The smallest absolute Gasteiger partial charge is 0.138 e. The fourth-order valence-electron chi connectivity index (χ4n) is 1.60. The van der Waals surface area contributed by atoms with Crippen LogP contribution in [0.3, 0.4) is 0 Å². The van der Waals surface area contributed by atoms with Crippen molar-refractivity contribution in [1.29, 1.82) is 0 Å². The molecule has 2 aromatic rings. The van der Waals surface area contributed by atoms with Crippen molar-refractivity contribution in [3.05, 3.63) is 59.9 Å². The van der Waals surface area contributed by atoms with Crippen LogP contribution in [0, 0.1) is 0 Å². The zero-order valence-corrected chi connectivity index (χ0v) is 10.3. The molecule has 0 bridgehead atoms. The molecule has 0 aliphatic heterocycles. The lowest BCUT2D eigenvalue weighted by Gasteiger charge is -2.08. The van der Waals surface area contributed by atoms with Crippen LogP contribution in [0.5, 0.6) is 5.75 Å². The minimum Gasteiger partial charge on any atom is -0.487 e. The van der Waals surface area contributed by atoms with Crippen molar-refractivity contribution in [1.82, 2.24) is 4.98 Å². The van der Waals surface area contributed by atoms with E-state index in [9.17, 15) is 0 Å². The van der Waals surface area contributed by atoms with Crippen LogP contribution in [0.2, 0.25) is 0 Å². The van der Waals surface area contributed by atoms with Crippen molar-refractivity contribution in [2.45, 2.75) is 26.4 Å². The molecule has 2 nitrogen and oxygen atoms in total. The summed E-state index contributed by atoms with van der Waals surface area (Å²) in [7, 11) is 0. The lowest BCUT2D eigenvalue weighted by Crippen LogP contribution is -1.96. The van der Waals surface area contributed by atoms with Gasteiger partial charge in [-0.2, -0.15) is 0 Å². The second-order valence-corrected chi connectivity index (χ2v) is 4.37. The quantitative estimate of drug-likeness (QED) is 0.793. The second kappa shape index (κ2) is 5.48. The summed E-state index contributed by atoms with van der Waals surface area (Å²) in [6.45, 7) is 4.98. The summed E-state index contributed by atoms with van der Waals surface area (Å²) in [5.74, 6) is 1.38. The number of aromatic nitrogens is 1. The molecule has 0 amide bonds. The van der Waals surface area contributed by atoms with Gasteiger partial charge < -0.3 is 4.74 Å². The molecule has 0 saturated heterocycles. The Labute approximate surface area is 102 Å². The monoisotopic (exact) mass is 227 g/mol. The summed E-state index contributed by atoms with van der Waals surface area (Å²) in [6, 6.07) is 12.3. The van der Waals surface area contributed by atoms with Crippen LogP contribution in [0.4, 0.5) is 0 Å². The SMILES string of the molecule is CC(C)c1ccc(COc2cccnc2)cc1. The summed E-state index contributed by atoms with van der Waals surface area (Å²) in [6.07, 6.45) is 3.47. The zero-order valence-electron chi connectivity index (χ0n) is 10.3. The molecule has 0 aliphatic rings. The Morgan fingerprint density at radius 2 is 1.88 bits per heavy atom. The van der Waals surface area contributed by atoms with Crippen LogP contribution in [0.15, 0.2) is 48.8 Å². The first-order chi connectivity index (χ1) is 8.25. The average molecular weight is 227 g/mol. The number of hydrogen-bond acceptors (Lipinski definition) is 2. The molecule has 0 saturated carbocycles. The average Bonchev–Trinajstić information content (AvgIpc) is 2.38. The van der Waals surface area contributed by atoms with Gasteiger partial charge >= 0.3 is 0 Å². The highest BCUT2D eigenvalue weighted by atomic mass is 16.5. The molecular weight excluding hydrogens is 210 g/mol. The highest BCUT2D eigenvalue weighted by molar-refractivity contribution is 5.25. The van der Waals surface area contributed by atoms with E-state index in [-0.39, 0.29) is 0 Å². The van der Waals surface area contributed by atoms with E-state index in [2.05, 4.69) is 43.1 Å². The number of hydrogen-bond donors (Lipinski definition) is 0. The maximum Gasteiger partial charge on any atom is 0.138 e. The molecule has 0 N–H and O–H groups in total. The predicted molar refractivity (Wildman–Crippen MR) is 69.1 cm³/mol. The van der Waals surface area contributed by atoms with E-state index in [0.717, 1.165) is 5.75 Å². The first-order valence-corrected chi connectivity index (χ1v) is 5.87. The zero-order chi connectivity index (χ0) is 12.1. The van der Waals surface area contributed by atoms with Gasteiger partial charge in [-0.15, -0.1) is 0 Å². The van der Waals surface area contributed by atoms with Crippen LogP contribution in [0.1, 0.15) is 30.9 Å². The van der Waals surface area contributed by atoms with Crippen molar-refractivity contribution < 1.29 is 4.74 Å². The van der Waals surface area contributed by atoms with Crippen LogP contribution < -0.4 is 4.74 Å². The van der Waals surface area contributed by atoms with Crippen molar-refractivity contribution in [2.24, 2.45) is 0 Å². The second-order valence-electron chi connectivity index (χ2n) is 4.37. The minimum absolute atomic E-state index is 0.572. The summed E-state index contributed by atoms with van der Waals surface area (Å²) >= 11 is 0. The number of pyridine rings is 1. The van der Waals surface area contributed by atoms with Crippen LogP contribution in [-0.4, -0.2) is 4.98 Å². The van der Waals surface area contributed by atoms with Crippen molar-refractivity contribution in [3.63, 3.8) is 0 Å². The Kier molecular flexibility index (Phi) is 3.76. The Morgan fingerprint density at radius 3 is 2.47 bits per heavy atom. The highest BCUT2D eigenvalue weighted by Gasteiger charge is 1.99. The molecule has 0 atom stereocenters. The van der Waals surface area contributed by atoms with Gasteiger partial charge in [0, 0.05) is 6.20 Å². The Bertz CT molecular complexity index is 448. The fourth-order valence-corrected chi connectivity index (χ4v) is 1.60. The molecule has 17 heavy (non-hydrogen) atoms. The number of nitrogens with zero attached hydrogens (tertiary/aromatic N) is 1. The van der Waals surface area contributed by atoms with Crippen LogP contribution >= 0.6 is 0 Å². The third-order valence-electron chi connectivity index (χ3n) is 2.69. The van der Waals surface area contributed by atoms with E-state index < -0.39 is 0 Å².